The van der Waals surface area contributed by atoms with Gasteiger partial charge in [0.15, 0.2) is 0 Å². The fourth-order valence-corrected chi connectivity index (χ4v) is 2.81. The molecule has 2 amide bonds. The highest BCUT2D eigenvalue weighted by atomic mass is 16.4. The fourth-order valence-electron chi connectivity index (χ4n) is 2.81. The average Bonchev–Trinajstić information content (AvgIpc) is 3.46. The molecule has 1 aliphatic rings. The maximum Gasteiger partial charge on any atom is 0.311 e. The van der Waals surface area contributed by atoms with Crippen LogP contribution in [0.2, 0.25) is 0 Å². The van der Waals surface area contributed by atoms with Crippen molar-refractivity contribution in [3.8, 4) is 0 Å². The van der Waals surface area contributed by atoms with Crippen molar-refractivity contribution in [2.45, 2.75) is 38.1 Å². The summed E-state index contributed by atoms with van der Waals surface area (Å²) >= 11 is 0. The lowest BCUT2D eigenvalue weighted by Gasteiger charge is -2.14. The first-order chi connectivity index (χ1) is 12.9. The van der Waals surface area contributed by atoms with Crippen molar-refractivity contribution in [3.63, 3.8) is 0 Å². The van der Waals surface area contributed by atoms with Crippen molar-refractivity contribution in [2.75, 3.05) is 5.32 Å². The topological polar surface area (TPSA) is 95.5 Å². The Morgan fingerprint density at radius 3 is 2.44 bits per heavy atom. The lowest BCUT2D eigenvalue weighted by Crippen LogP contribution is -2.25. The summed E-state index contributed by atoms with van der Waals surface area (Å²) in [4.78, 5) is 36.2. The van der Waals surface area contributed by atoms with Gasteiger partial charge in [0.25, 0.3) is 5.91 Å². The summed E-state index contributed by atoms with van der Waals surface area (Å²) in [5.41, 5.74) is 2.37. The molecule has 2 aromatic carbocycles. The zero-order valence-corrected chi connectivity index (χ0v) is 15.1. The third-order valence-electron chi connectivity index (χ3n) is 4.58. The minimum atomic E-state index is -1.05. The molecule has 1 atom stereocenters. The number of carbonyl (C=O) groups is 3. The van der Waals surface area contributed by atoms with Crippen LogP contribution in [0.5, 0.6) is 0 Å². The summed E-state index contributed by atoms with van der Waals surface area (Å²) in [6, 6.07) is 14.0. The van der Waals surface area contributed by atoms with Crippen LogP contribution in [0.15, 0.2) is 48.5 Å². The van der Waals surface area contributed by atoms with Crippen molar-refractivity contribution in [1.29, 1.82) is 0 Å². The molecule has 0 spiro atoms. The number of anilines is 1. The van der Waals surface area contributed by atoms with E-state index in [1.807, 2.05) is 6.92 Å². The van der Waals surface area contributed by atoms with Gasteiger partial charge in [0, 0.05) is 23.7 Å². The molecule has 3 rings (SSSR count). The monoisotopic (exact) mass is 366 g/mol. The molecule has 2 aromatic rings. The van der Waals surface area contributed by atoms with Gasteiger partial charge in [-0.1, -0.05) is 36.4 Å². The number of carboxylic acids is 1. The normalized spacial score (nSPS) is 14.3. The molecule has 6 nitrogen and oxygen atoms in total. The molecule has 0 bridgehead atoms. The Bertz CT molecular complexity index is 860. The first kappa shape index (κ1) is 18.6. The smallest absolute Gasteiger partial charge is 0.311 e. The van der Waals surface area contributed by atoms with E-state index in [-0.39, 0.29) is 18.4 Å². The second-order valence-corrected chi connectivity index (χ2v) is 6.83. The maximum absolute atomic E-state index is 12.4. The molecule has 1 aliphatic carbocycles. The second-order valence-electron chi connectivity index (χ2n) is 6.83. The van der Waals surface area contributed by atoms with E-state index in [4.69, 9.17) is 0 Å². The highest BCUT2D eigenvalue weighted by molar-refractivity contribution is 5.99. The zero-order chi connectivity index (χ0) is 19.4. The van der Waals surface area contributed by atoms with Gasteiger partial charge < -0.3 is 15.7 Å². The van der Waals surface area contributed by atoms with Crippen LogP contribution in [-0.2, 0) is 9.59 Å². The van der Waals surface area contributed by atoms with E-state index in [0.717, 1.165) is 18.4 Å². The Morgan fingerprint density at radius 1 is 1.11 bits per heavy atom. The zero-order valence-electron chi connectivity index (χ0n) is 15.1. The van der Waals surface area contributed by atoms with Gasteiger partial charge in [-0.05, 0) is 43.0 Å². The minimum Gasteiger partial charge on any atom is -0.481 e. The number of hydrogen-bond acceptors (Lipinski definition) is 3. The molecule has 27 heavy (non-hydrogen) atoms. The predicted octanol–water partition coefficient (Wildman–Crippen LogP) is 3.08. The standard InChI is InChI=1S/C21H22N2O4/c1-13-7-8-15(20(25)22-16-9-10-16)11-18(13)23-19(24)12-17(21(26)27)14-5-3-2-4-6-14/h2-8,11,16-17H,9-10,12H2,1H3,(H,22,25)(H,23,24)(H,26,27)/t17-/m1/s1. The maximum atomic E-state index is 12.4. The molecule has 1 saturated carbocycles. The van der Waals surface area contributed by atoms with Gasteiger partial charge in [-0.2, -0.15) is 0 Å². The molecule has 0 saturated heterocycles. The number of carboxylic acid groups (broad SMARTS) is 1. The summed E-state index contributed by atoms with van der Waals surface area (Å²) < 4.78 is 0. The molecule has 1 fully saturated rings. The number of benzene rings is 2. The van der Waals surface area contributed by atoms with Gasteiger partial charge in [-0.15, -0.1) is 0 Å². The van der Waals surface area contributed by atoms with Gasteiger partial charge in [0.1, 0.15) is 0 Å². The van der Waals surface area contributed by atoms with E-state index >= 15 is 0 Å². The van der Waals surface area contributed by atoms with Crippen molar-refractivity contribution in [2.24, 2.45) is 0 Å². The van der Waals surface area contributed by atoms with Crippen molar-refractivity contribution < 1.29 is 19.5 Å². The van der Waals surface area contributed by atoms with Crippen molar-refractivity contribution in [1.82, 2.24) is 5.32 Å². The molecule has 0 radical (unpaired) electrons. The fraction of sp³-hybridized carbons (Fsp3) is 0.286. The van der Waals surface area contributed by atoms with Gasteiger partial charge in [0.2, 0.25) is 5.91 Å². The van der Waals surface area contributed by atoms with E-state index in [9.17, 15) is 19.5 Å². The molecule has 6 heteroatoms. The number of aliphatic carboxylic acids is 1. The Morgan fingerprint density at radius 2 is 1.81 bits per heavy atom. The molecule has 0 heterocycles. The SMILES string of the molecule is Cc1ccc(C(=O)NC2CC2)cc1NC(=O)C[C@@H](C(=O)O)c1ccccc1. The summed E-state index contributed by atoms with van der Waals surface area (Å²) in [6.45, 7) is 1.82. The van der Waals surface area contributed by atoms with Crippen LogP contribution in [0, 0.1) is 6.92 Å². The van der Waals surface area contributed by atoms with Crippen LogP contribution in [-0.4, -0.2) is 28.9 Å². The Balaban J connectivity index is 1.70. The Labute approximate surface area is 157 Å². The van der Waals surface area contributed by atoms with Crippen LogP contribution < -0.4 is 10.6 Å². The number of nitrogens with one attached hydrogen (secondary N) is 2. The quantitative estimate of drug-likeness (QED) is 0.702. The third-order valence-corrected chi connectivity index (χ3v) is 4.58. The lowest BCUT2D eigenvalue weighted by molar-refractivity contribution is -0.140. The average molecular weight is 366 g/mol. The highest BCUT2D eigenvalue weighted by Crippen LogP contribution is 2.23. The van der Waals surface area contributed by atoms with Gasteiger partial charge in [-0.3, -0.25) is 14.4 Å². The van der Waals surface area contributed by atoms with E-state index in [1.54, 1.807) is 48.5 Å². The minimum absolute atomic E-state index is 0.166. The van der Waals surface area contributed by atoms with Gasteiger partial charge in [0.05, 0.1) is 5.92 Å². The number of hydrogen-bond donors (Lipinski definition) is 3. The van der Waals surface area contributed by atoms with Crippen LogP contribution in [0.3, 0.4) is 0 Å². The first-order valence-corrected chi connectivity index (χ1v) is 8.93. The lowest BCUT2D eigenvalue weighted by atomic mass is 9.95. The van der Waals surface area contributed by atoms with Crippen LogP contribution in [0.4, 0.5) is 5.69 Å². The summed E-state index contributed by atoms with van der Waals surface area (Å²) in [6.07, 6.45) is 1.81. The molecule has 0 aromatic heterocycles. The molecular formula is C21H22N2O4. The Hall–Kier alpha value is -3.15. The van der Waals surface area contributed by atoms with Crippen molar-refractivity contribution in [3.05, 3.63) is 65.2 Å². The number of amides is 2. The number of aryl methyl sites for hydroxylation is 1. The summed E-state index contributed by atoms with van der Waals surface area (Å²) in [7, 11) is 0. The largest absolute Gasteiger partial charge is 0.481 e. The van der Waals surface area contributed by atoms with E-state index in [2.05, 4.69) is 10.6 Å². The molecular weight excluding hydrogens is 344 g/mol. The highest BCUT2D eigenvalue weighted by Gasteiger charge is 2.25. The number of carbonyl (C=O) groups excluding carboxylic acids is 2. The van der Waals surface area contributed by atoms with E-state index in [1.165, 1.54) is 0 Å². The first-order valence-electron chi connectivity index (χ1n) is 8.93. The van der Waals surface area contributed by atoms with Crippen molar-refractivity contribution >= 4 is 23.5 Å². The predicted molar refractivity (Wildman–Crippen MR) is 102 cm³/mol. The third kappa shape index (κ3) is 4.94. The molecule has 3 N–H and O–H groups in total. The molecule has 140 valence electrons. The van der Waals surface area contributed by atoms with E-state index in [0.29, 0.717) is 16.8 Å². The molecule has 0 unspecified atom stereocenters. The van der Waals surface area contributed by atoms with Crippen LogP contribution >= 0.6 is 0 Å². The second kappa shape index (κ2) is 8.03. The summed E-state index contributed by atoms with van der Waals surface area (Å²) in [5.74, 6) is -2.55. The van der Waals surface area contributed by atoms with Crippen LogP contribution in [0.25, 0.3) is 0 Å². The van der Waals surface area contributed by atoms with Gasteiger partial charge in [-0.25, -0.2) is 0 Å². The number of rotatable bonds is 7. The molecule has 0 aliphatic heterocycles. The van der Waals surface area contributed by atoms with Crippen LogP contribution in [0.1, 0.15) is 46.7 Å². The Kier molecular flexibility index (Phi) is 5.54. The van der Waals surface area contributed by atoms with E-state index < -0.39 is 17.8 Å². The summed E-state index contributed by atoms with van der Waals surface area (Å²) in [5, 5.41) is 15.1. The van der Waals surface area contributed by atoms with Gasteiger partial charge >= 0.3 is 5.97 Å².